The smallest absolute Gasteiger partial charge is 0.328 e. The van der Waals surface area contributed by atoms with Gasteiger partial charge in [-0.1, -0.05) is 6.07 Å². The normalized spacial score (nSPS) is 12.3. The summed E-state index contributed by atoms with van der Waals surface area (Å²) in [6.07, 6.45) is 3.93. The summed E-state index contributed by atoms with van der Waals surface area (Å²) >= 11 is 1.61. The molecule has 0 aliphatic carbocycles. The molecule has 0 aliphatic heterocycles. The van der Waals surface area contributed by atoms with Crippen molar-refractivity contribution in [1.29, 1.82) is 0 Å². The third-order valence-electron chi connectivity index (χ3n) is 2.46. The van der Waals surface area contributed by atoms with Gasteiger partial charge in [-0.3, -0.25) is 4.79 Å². The molecule has 0 spiro atoms. The van der Waals surface area contributed by atoms with Crippen molar-refractivity contribution in [2.45, 2.75) is 13.0 Å². The molecule has 1 aromatic carbocycles. The average molecular weight is 297 g/mol. The topological polar surface area (TPSA) is 66.4 Å². The lowest BCUT2D eigenvalue weighted by molar-refractivity contribution is -0.131. The van der Waals surface area contributed by atoms with Crippen LogP contribution in [-0.2, 0) is 4.79 Å². The number of aliphatic carboxylic acids is 1. The van der Waals surface area contributed by atoms with Crippen molar-refractivity contribution in [3.05, 3.63) is 41.2 Å². The van der Waals surface area contributed by atoms with E-state index in [9.17, 15) is 14.0 Å². The first-order valence-electron chi connectivity index (χ1n) is 5.94. The van der Waals surface area contributed by atoms with Crippen molar-refractivity contribution in [1.82, 2.24) is 5.32 Å². The summed E-state index contributed by atoms with van der Waals surface area (Å²) in [7, 11) is 0. The summed E-state index contributed by atoms with van der Waals surface area (Å²) in [6.45, 7) is 1.87. The molecule has 0 bridgehead atoms. The highest BCUT2D eigenvalue weighted by molar-refractivity contribution is 7.98. The summed E-state index contributed by atoms with van der Waals surface area (Å²) in [4.78, 5) is 22.2. The van der Waals surface area contributed by atoms with E-state index in [2.05, 4.69) is 5.32 Å². The zero-order valence-corrected chi connectivity index (χ0v) is 12.0. The van der Waals surface area contributed by atoms with Crippen molar-refractivity contribution in [2.24, 2.45) is 0 Å². The number of amides is 1. The lowest BCUT2D eigenvalue weighted by Crippen LogP contribution is -2.34. The molecule has 0 saturated carbocycles. The van der Waals surface area contributed by atoms with Crippen molar-refractivity contribution in [3.63, 3.8) is 0 Å². The van der Waals surface area contributed by atoms with Crippen LogP contribution in [0.5, 0.6) is 0 Å². The van der Waals surface area contributed by atoms with E-state index in [1.54, 1.807) is 11.8 Å². The minimum atomic E-state index is -1.16. The minimum absolute atomic E-state index is 0.00727. The maximum Gasteiger partial charge on any atom is 0.328 e. The molecule has 20 heavy (non-hydrogen) atoms. The number of hydrogen-bond acceptors (Lipinski definition) is 3. The first kappa shape index (κ1) is 16.2. The molecule has 0 radical (unpaired) electrons. The number of nitrogens with one attached hydrogen (secondary N) is 1. The number of carboxylic acid groups (broad SMARTS) is 1. The fraction of sp³-hybridized carbons (Fsp3) is 0.286. The number of carbonyl (C=O) groups excluding carboxylic acids is 1. The molecule has 1 aromatic rings. The van der Waals surface area contributed by atoms with Crippen molar-refractivity contribution in [3.8, 4) is 0 Å². The molecule has 0 saturated heterocycles. The Morgan fingerprint density at radius 2 is 2.20 bits per heavy atom. The Bertz CT molecular complexity index is 531. The molecule has 1 rings (SSSR count). The van der Waals surface area contributed by atoms with Gasteiger partial charge < -0.3 is 10.4 Å². The molecule has 108 valence electrons. The highest BCUT2D eigenvalue weighted by Crippen LogP contribution is 2.12. The van der Waals surface area contributed by atoms with Gasteiger partial charge in [0.05, 0.1) is 0 Å². The van der Waals surface area contributed by atoms with Gasteiger partial charge in [-0.15, -0.1) is 0 Å². The Morgan fingerprint density at radius 3 is 2.75 bits per heavy atom. The first-order chi connectivity index (χ1) is 9.43. The molecule has 6 heteroatoms. The Kier molecular flexibility index (Phi) is 6.24. The Labute approximate surface area is 121 Å². The van der Waals surface area contributed by atoms with Gasteiger partial charge in [0.15, 0.2) is 0 Å². The monoisotopic (exact) mass is 297 g/mol. The standard InChI is InChI=1S/C14H16FNO3S/c1-9(8-20-2)16-14(19)11-4-3-10(12(15)7-11)5-6-13(17)18/h3-7,9H,8H2,1-2H3,(H,16,19)(H,17,18)/b6-5+. The largest absolute Gasteiger partial charge is 0.478 e. The molecule has 0 aliphatic rings. The van der Waals surface area contributed by atoms with Crippen LogP contribution in [-0.4, -0.2) is 35.0 Å². The van der Waals surface area contributed by atoms with Gasteiger partial charge in [0.2, 0.25) is 0 Å². The SMILES string of the molecule is CSCC(C)NC(=O)c1ccc(/C=C/C(=O)O)c(F)c1. The van der Waals surface area contributed by atoms with Crippen LogP contribution in [0.15, 0.2) is 24.3 Å². The van der Waals surface area contributed by atoms with Crippen molar-refractivity contribution in [2.75, 3.05) is 12.0 Å². The van der Waals surface area contributed by atoms with Crippen LogP contribution >= 0.6 is 11.8 Å². The van der Waals surface area contributed by atoms with E-state index >= 15 is 0 Å². The van der Waals surface area contributed by atoms with Crippen LogP contribution in [0.25, 0.3) is 6.08 Å². The summed E-state index contributed by atoms with van der Waals surface area (Å²) in [5.74, 6) is -1.36. The molecule has 0 aromatic heterocycles. The van der Waals surface area contributed by atoms with Gasteiger partial charge in [0.25, 0.3) is 5.91 Å². The summed E-state index contributed by atoms with van der Waals surface area (Å²) < 4.78 is 13.7. The van der Waals surface area contributed by atoms with E-state index in [0.29, 0.717) is 0 Å². The van der Waals surface area contributed by atoms with Crippen LogP contribution < -0.4 is 5.32 Å². The summed E-state index contributed by atoms with van der Waals surface area (Å²) in [5.41, 5.74) is 0.337. The Hall–Kier alpha value is -1.82. The summed E-state index contributed by atoms with van der Waals surface area (Å²) in [6, 6.07) is 3.93. The highest BCUT2D eigenvalue weighted by atomic mass is 32.2. The molecule has 0 fully saturated rings. The maximum atomic E-state index is 13.7. The third-order valence-corrected chi connectivity index (χ3v) is 3.30. The second-order valence-electron chi connectivity index (χ2n) is 4.24. The Balaban J connectivity index is 2.81. The van der Waals surface area contributed by atoms with E-state index in [-0.39, 0.29) is 23.1 Å². The van der Waals surface area contributed by atoms with Gasteiger partial charge in [-0.2, -0.15) is 11.8 Å². The van der Waals surface area contributed by atoms with Gasteiger partial charge in [0.1, 0.15) is 5.82 Å². The number of carbonyl (C=O) groups is 2. The number of thioether (sulfide) groups is 1. The fourth-order valence-electron chi connectivity index (χ4n) is 1.56. The van der Waals surface area contributed by atoms with E-state index in [4.69, 9.17) is 5.11 Å². The molecule has 1 unspecified atom stereocenters. The first-order valence-corrected chi connectivity index (χ1v) is 7.33. The zero-order valence-electron chi connectivity index (χ0n) is 11.2. The third kappa shape index (κ3) is 5.05. The second kappa shape index (κ2) is 7.69. The lowest BCUT2D eigenvalue weighted by Gasteiger charge is -2.12. The maximum absolute atomic E-state index is 13.7. The number of rotatable bonds is 6. The lowest BCUT2D eigenvalue weighted by atomic mass is 10.1. The second-order valence-corrected chi connectivity index (χ2v) is 5.15. The molecular formula is C14H16FNO3S. The number of benzene rings is 1. The highest BCUT2D eigenvalue weighted by Gasteiger charge is 2.11. The number of hydrogen-bond donors (Lipinski definition) is 2. The molecule has 1 amide bonds. The summed E-state index contributed by atoms with van der Waals surface area (Å²) in [5, 5.41) is 11.2. The van der Waals surface area contributed by atoms with E-state index in [1.165, 1.54) is 12.1 Å². The van der Waals surface area contributed by atoms with Crippen molar-refractivity contribution < 1.29 is 19.1 Å². The van der Waals surface area contributed by atoms with E-state index in [1.807, 2.05) is 13.2 Å². The number of halogens is 1. The van der Waals surface area contributed by atoms with Gasteiger partial charge in [-0.25, -0.2) is 9.18 Å². The predicted molar refractivity (Wildman–Crippen MR) is 78.4 cm³/mol. The van der Waals surface area contributed by atoms with Crippen LogP contribution in [0.1, 0.15) is 22.8 Å². The van der Waals surface area contributed by atoms with Crippen LogP contribution in [0.4, 0.5) is 4.39 Å². The van der Waals surface area contributed by atoms with Crippen LogP contribution in [0.2, 0.25) is 0 Å². The minimum Gasteiger partial charge on any atom is -0.478 e. The van der Waals surface area contributed by atoms with Gasteiger partial charge in [0, 0.05) is 29.0 Å². The van der Waals surface area contributed by atoms with Crippen molar-refractivity contribution >= 4 is 29.7 Å². The molecule has 0 heterocycles. The zero-order chi connectivity index (χ0) is 15.1. The quantitative estimate of drug-likeness (QED) is 0.791. The molecule has 4 nitrogen and oxygen atoms in total. The van der Waals surface area contributed by atoms with E-state index in [0.717, 1.165) is 24.0 Å². The molecular weight excluding hydrogens is 281 g/mol. The fourth-order valence-corrected chi connectivity index (χ4v) is 2.15. The van der Waals surface area contributed by atoms with Gasteiger partial charge >= 0.3 is 5.97 Å². The number of carboxylic acids is 1. The Morgan fingerprint density at radius 1 is 1.50 bits per heavy atom. The molecule has 1 atom stereocenters. The van der Waals surface area contributed by atoms with Crippen LogP contribution in [0.3, 0.4) is 0 Å². The van der Waals surface area contributed by atoms with Crippen LogP contribution in [0, 0.1) is 5.82 Å². The predicted octanol–water partition coefficient (Wildman–Crippen LogP) is 2.40. The average Bonchev–Trinajstić information content (AvgIpc) is 2.37. The van der Waals surface area contributed by atoms with Gasteiger partial charge in [-0.05, 0) is 31.4 Å². The van der Waals surface area contributed by atoms with E-state index < -0.39 is 11.8 Å². The molecule has 2 N–H and O–H groups in total.